The van der Waals surface area contributed by atoms with Crippen LogP contribution in [0.1, 0.15) is 33.1 Å². The number of hydrogen-bond acceptors (Lipinski definition) is 4. The second-order valence-electron chi connectivity index (χ2n) is 5.37. The minimum Gasteiger partial charge on any atom is -0.384 e. The van der Waals surface area contributed by atoms with Gasteiger partial charge in [0.2, 0.25) is 0 Å². The highest BCUT2D eigenvalue weighted by molar-refractivity contribution is 5.51. The van der Waals surface area contributed by atoms with Crippen molar-refractivity contribution in [2.45, 2.75) is 38.6 Å². The van der Waals surface area contributed by atoms with Gasteiger partial charge in [-0.2, -0.15) is 0 Å². The predicted molar refractivity (Wildman–Crippen MR) is 76.8 cm³/mol. The zero-order valence-corrected chi connectivity index (χ0v) is 11.4. The number of unbranched alkanes of at least 4 members (excludes halogenated alkanes) is 1. The van der Waals surface area contributed by atoms with Crippen molar-refractivity contribution >= 4 is 11.5 Å². The normalized spacial score (nSPS) is 24.2. The molecule has 0 aromatic carbocycles. The van der Waals surface area contributed by atoms with Crippen LogP contribution in [0, 0.1) is 0 Å². The van der Waals surface area contributed by atoms with Crippen molar-refractivity contribution in [1.82, 2.24) is 10.3 Å². The SMILES string of the molecule is CCCC[C@]1(C)CNCCN1c1ccc(N)nc1. The summed E-state index contributed by atoms with van der Waals surface area (Å²) in [6.07, 6.45) is 5.60. The lowest BCUT2D eigenvalue weighted by Gasteiger charge is -2.47. The Balaban J connectivity index is 2.19. The highest BCUT2D eigenvalue weighted by atomic mass is 15.3. The van der Waals surface area contributed by atoms with Crippen molar-refractivity contribution in [2.24, 2.45) is 0 Å². The molecule has 18 heavy (non-hydrogen) atoms. The molecule has 1 atom stereocenters. The maximum absolute atomic E-state index is 5.66. The first-order valence-electron chi connectivity index (χ1n) is 6.85. The molecule has 1 saturated heterocycles. The molecule has 100 valence electrons. The van der Waals surface area contributed by atoms with Crippen LogP contribution in [0.25, 0.3) is 0 Å². The summed E-state index contributed by atoms with van der Waals surface area (Å²) in [5, 5.41) is 3.51. The maximum atomic E-state index is 5.66. The fraction of sp³-hybridized carbons (Fsp3) is 0.643. The predicted octanol–water partition coefficient (Wildman–Crippen LogP) is 2.02. The quantitative estimate of drug-likeness (QED) is 0.856. The summed E-state index contributed by atoms with van der Waals surface area (Å²) >= 11 is 0. The van der Waals surface area contributed by atoms with Crippen LogP contribution in [-0.4, -0.2) is 30.2 Å². The van der Waals surface area contributed by atoms with E-state index in [-0.39, 0.29) is 5.54 Å². The molecule has 1 fully saturated rings. The third kappa shape index (κ3) is 2.75. The van der Waals surface area contributed by atoms with Crippen molar-refractivity contribution in [3.63, 3.8) is 0 Å². The molecule has 1 aliphatic heterocycles. The summed E-state index contributed by atoms with van der Waals surface area (Å²) in [6.45, 7) is 7.69. The van der Waals surface area contributed by atoms with Gasteiger partial charge in [-0.25, -0.2) is 4.98 Å². The smallest absolute Gasteiger partial charge is 0.123 e. The van der Waals surface area contributed by atoms with Gasteiger partial charge in [0.05, 0.1) is 11.9 Å². The van der Waals surface area contributed by atoms with Crippen LogP contribution in [0.3, 0.4) is 0 Å². The Labute approximate surface area is 110 Å². The minimum absolute atomic E-state index is 0.187. The summed E-state index contributed by atoms with van der Waals surface area (Å²) in [4.78, 5) is 6.69. The van der Waals surface area contributed by atoms with Crippen molar-refractivity contribution in [2.75, 3.05) is 30.3 Å². The van der Waals surface area contributed by atoms with Gasteiger partial charge in [-0.3, -0.25) is 0 Å². The Morgan fingerprint density at radius 2 is 2.33 bits per heavy atom. The number of pyridine rings is 1. The number of nitrogens with two attached hydrogens (primary N) is 1. The van der Waals surface area contributed by atoms with E-state index in [0.29, 0.717) is 5.82 Å². The monoisotopic (exact) mass is 248 g/mol. The molecule has 0 saturated carbocycles. The van der Waals surface area contributed by atoms with E-state index >= 15 is 0 Å². The summed E-state index contributed by atoms with van der Waals surface area (Å²) in [7, 11) is 0. The van der Waals surface area contributed by atoms with Gasteiger partial charge in [-0.05, 0) is 25.5 Å². The van der Waals surface area contributed by atoms with Crippen LogP contribution in [0.15, 0.2) is 18.3 Å². The fourth-order valence-corrected chi connectivity index (χ4v) is 2.69. The van der Waals surface area contributed by atoms with Crippen molar-refractivity contribution in [3.05, 3.63) is 18.3 Å². The van der Waals surface area contributed by atoms with Gasteiger partial charge in [0.25, 0.3) is 0 Å². The molecule has 1 aromatic heterocycles. The first-order valence-corrected chi connectivity index (χ1v) is 6.85. The number of rotatable bonds is 4. The molecular weight excluding hydrogens is 224 g/mol. The Hall–Kier alpha value is -1.29. The number of piperazine rings is 1. The molecule has 0 spiro atoms. The van der Waals surface area contributed by atoms with E-state index in [1.165, 1.54) is 24.9 Å². The Morgan fingerprint density at radius 3 is 3.00 bits per heavy atom. The number of nitrogens with one attached hydrogen (secondary N) is 1. The fourth-order valence-electron chi connectivity index (χ4n) is 2.69. The Kier molecular flexibility index (Phi) is 4.07. The highest BCUT2D eigenvalue weighted by Gasteiger charge is 2.33. The van der Waals surface area contributed by atoms with E-state index < -0.39 is 0 Å². The van der Waals surface area contributed by atoms with E-state index in [2.05, 4.69) is 35.1 Å². The lowest BCUT2D eigenvalue weighted by atomic mass is 9.90. The first kappa shape index (κ1) is 13.1. The number of nitrogens with zero attached hydrogens (tertiary/aromatic N) is 2. The maximum Gasteiger partial charge on any atom is 0.123 e. The highest BCUT2D eigenvalue weighted by Crippen LogP contribution is 2.29. The van der Waals surface area contributed by atoms with Crippen LogP contribution in [0.4, 0.5) is 11.5 Å². The lowest BCUT2D eigenvalue weighted by Crippen LogP contribution is -2.60. The van der Waals surface area contributed by atoms with Gasteiger partial charge < -0.3 is 16.0 Å². The van der Waals surface area contributed by atoms with Crippen LogP contribution >= 0.6 is 0 Å². The third-order valence-corrected chi connectivity index (χ3v) is 3.82. The van der Waals surface area contributed by atoms with Gasteiger partial charge in [-0.15, -0.1) is 0 Å². The van der Waals surface area contributed by atoms with Gasteiger partial charge in [-0.1, -0.05) is 19.8 Å². The molecule has 2 heterocycles. The molecule has 0 radical (unpaired) electrons. The van der Waals surface area contributed by atoms with Gasteiger partial charge in [0.15, 0.2) is 0 Å². The van der Waals surface area contributed by atoms with Gasteiger partial charge >= 0.3 is 0 Å². The number of anilines is 2. The van der Waals surface area contributed by atoms with Crippen LogP contribution in [0.2, 0.25) is 0 Å². The summed E-state index contributed by atoms with van der Waals surface area (Å²) < 4.78 is 0. The summed E-state index contributed by atoms with van der Waals surface area (Å²) in [6, 6.07) is 3.97. The number of nitrogen functional groups attached to an aromatic ring is 1. The summed E-state index contributed by atoms with van der Waals surface area (Å²) in [5.41, 5.74) is 7.03. The van der Waals surface area contributed by atoms with Crippen molar-refractivity contribution in [3.8, 4) is 0 Å². The van der Waals surface area contributed by atoms with Crippen LogP contribution in [-0.2, 0) is 0 Å². The minimum atomic E-state index is 0.187. The van der Waals surface area contributed by atoms with E-state index in [1.54, 1.807) is 0 Å². The van der Waals surface area contributed by atoms with E-state index in [1.807, 2.05) is 12.3 Å². The molecule has 3 N–H and O–H groups in total. The standard InChI is InChI=1S/C14H24N4/c1-3-4-7-14(2)11-16-8-9-18(14)12-5-6-13(15)17-10-12/h5-6,10,16H,3-4,7-9,11H2,1-2H3,(H2,15,17)/t14-/m1/s1. The molecule has 0 aliphatic carbocycles. The zero-order chi connectivity index (χ0) is 13.0. The molecule has 1 aliphatic rings. The molecule has 2 rings (SSSR count). The van der Waals surface area contributed by atoms with E-state index in [0.717, 1.165) is 19.6 Å². The van der Waals surface area contributed by atoms with Crippen molar-refractivity contribution < 1.29 is 0 Å². The summed E-state index contributed by atoms with van der Waals surface area (Å²) in [5.74, 6) is 0.587. The topological polar surface area (TPSA) is 54.2 Å². The number of hydrogen-bond donors (Lipinski definition) is 2. The third-order valence-electron chi connectivity index (χ3n) is 3.82. The molecule has 4 nitrogen and oxygen atoms in total. The average Bonchev–Trinajstić information content (AvgIpc) is 2.38. The Bertz CT molecular complexity index is 376. The van der Waals surface area contributed by atoms with Crippen LogP contribution < -0.4 is 16.0 Å². The number of aromatic nitrogens is 1. The molecule has 4 heteroatoms. The molecule has 0 amide bonds. The van der Waals surface area contributed by atoms with Crippen molar-refractivity contribution in [1.29, 1.82) is 0 Å². The lowest BCUT2D eigenvalue weighted by molar-refractivity contribution is 0.323. The van der Waals surface area contributed by atoms with E-state index in [4.69, 9.17) is 5.73 Å². The first-order chi connectivity index (χ1) is 8.65. The zero-order valence-electron chi connectivity index (χ0n) is 11.4. The van der Waals surface area contributed by atoms with Gasteiger partial charge in [0, 0.05) is 25.2 Å². The Morgan fingerprint density at radius 1 is 1.50 bits per heavy atom. The molecule has 0 unspecified atom stereocenters. The molecule has 1 aromatic rings. The molecular formula is C14H24N4. The second kappa shape index (κ2) is 5.57. The van der Waals surface area contributed by atoms with Gasteiger partial charge in [0.1, 0.15) is 5.82 Å². The molecule has 0 bridgehead atoms. The second-order valence-corrected chi connectivity index (χ2v) is 5.37. The average molecular weight is 248 g/mol. The van der Waals surface area contributed by atoms with E-state index in [9.17, 15) is 0 Å². The van der Waals surface area contributed by atoms with Crippen LogP contribution in [0.5, 0.6) is 0 Å². The largest absolute Gasteiger partial charge is 0.384 e.